The van der Waals surface area contributed by atoms with Crippen molar-refractivity contribution in [3.63, 3.8) is 0 Å². The Labute approximate surface area is 134 Å². The fourth-order valence-electron chi connectivity index (χ4n) is 1.44. The molecule has 1 amide bonds. The van der Waals surface area contributed by atoms with E-state index in [1.807, 2.05) is 0 Å². The normalized spacial score (nSPS) is 10.8. The lowest BCUT2D eigenvalue weighted by atomic mass is 10.2. The van der Waals surface area contributed by atoms with E-state index < -0.39 is 5.24 Å². The van der Waals surface area contributed by atoms with Gasteiger partial charge in [0.15, 0.2) is 0 Å². The lowest BCUT2D eigenvalue weighted by Gasteiger charge is -2.05. The maximum absolute atomic E-state index is 12.7. The number of nitrogens with zero attached hydrogens (tertiary/aromatic N) is 1. The van der Waals surface area contributed by atoms with Crippen molar-refractivity contribution in [1.29, 1.82) is 0 Å². The third-order valence-electron chi connectivity index (χ3n) is 2.47. The number of hydrogen-bond acceptors (Lipinski definition) is 5. The van der Waals surface area contributed by atoms with E-state index >= 15 is 0 Å². The molecule has 0 saturated carbocycles. The third kappa shape index (κ3) is 4.37. The Morgan fingerprint density at radius 2 is 1.91 bits per heavy atom. The summed E-state index contributed by atoms with van der Waals surface area (Å²) in [5.74, 6) is -0.843. The highest BCUT2D eigenvalue weighted by Gasteiger charge is 2.11. The van der Waals surface area contributed by atoms with Crippen LogP contribution in [0.15, 0.2) is 46.4 Å². The summed E-state index contributed by atoms with van der Waals surface area (Å²) in [5, 5.41) is 22.2. The number of amides is 1. The summed E-state index contributed by atoms with van der Waals surface area (Å²) in [4.78, 5) is 11.8. The Morgan fingerprint density at radius 1 is 1.23 bits per heavy atom. The molecule has 2 rings (SSSR count). The molecule has 0 saturated heterocycles. The van der Waals surface area contributed by atoms with Crippen LogP contribution in [0.1, 0.15) is 5.56 Å². The molecule has 0 aliphatic heterocycles. The van der Waals surface area contributed by atoms with Gasteiger partial charge in [-0.25, -0.2) is 9.82 Å². The number of rotatable bonds is 3. The van der Waals surface area contributed by atoms with Crippen LogP contribution < -0.4 is 5.43 Å². The Bertz CT molecular complexity index is 723. The lowest BCUT2D eigenvalue weighted by molar-refractivity contribution is 0.261. The number of phenols is 2. The molecule has 2 aromatic rings. The number of benzene rings is 2. The first-order chi connectivity index (χ1) is 10.5. The van der Waals surface area contributed by atoms with Crippen molar-refractivity contribution >= 4 is 34.8 Å². The predicted octanol–water partition coefficient (Wildman–Crippen LogP) is 3.73. The number of phenolic OH excluding ortho intramolecular Hbond substituents is 2. The van der Waals surface area contributed by atoms with Crippen molar-refractivity contribution in [2.24, 2.45) is 5.10 Å². The van der Waals surface area contributed by atoms with Gasteiger partial charge in [-0.15, -0.1) is 0 Å². The standard InChI is InChI=1S/C14H10ClFN2O3S/c15-10-5-12(20)13(6-11(10)19)22-14(21)18-17-7-8-1-3-9(16)4-2-8/h1-7,19-20H,(H,18,21). The van der Waals surface area contributed by atoms with Gasteiger partial charge in [0.25, 0.3) is 0 Å². The monoisotopic (exact) mass is 340 g/mol. The Morgan fingerprint density at radius 3 is 2.59 bits per heavy atom. The zero-order chi connectivity index (χ0) is 16.1. The van der Waals surface area contributed by atoms with Gasteiger partial charge >= 0.3 is 5.24 Å². The molecular formula is C14H10ClFN2O3S. The Balaban J connectivity index is 1.96. The van der Waals surface area contributed by atoms with Crippen LogP contribution in [0.3, 0.4) is 0 Å². The number of hydrazone groups is 1. The first-order valence-electron chi connectivity index (χ1n) is 5.93. The molecule has 2 aromatic carbocycles. The van der Waals surface area contributed by atoms with Crippen molar-refractivity contribution in [1.82, 2.24) is 5.43 Å². The molecule has 0 radical (unpaired) electrons. The molecular weight excluding hydrogens is 331 g/mol. The SMILES string of the molecule is O=C(NN=Cc1ccc(F)cc1)Sc1cc(O)c(Cl)cc1O. The molecule has 0 atom stereocenters. The molecule has 114 valence electrons. The molecule has 0 fully saturated rings. The average molecular weight is 341 g/mol. The van der Waals surface area contributed by atoms with Gasteiger partial charge < -0.3 is 10.2 Å². The van der Waals surface area contributed by atoms with Crippen molar-refractivity contribution in [2.75, 3.05) is 0 Å². The molecule has 0 unspecified atom stereocenters. The number of aromatic hydroxyl groups is 2. The molecule has 0 aromatic heterocycles. The molecule has 8 heteroatoms. The zero-order valence-electron chi connectivity index (χ0n) is 11.0. The summed E-state index contributed by atoms with van der Waals surface area (Å²) in [6.07, 6.45) is 1.34. The highest BCUT2D eigenvalue weighted by molar-refractivity contribution is 8.13. The molecule has 0 spiro atoms. The van der Waals surface area contributed by atoms with Gasteiger partial charge in [0, 0.05) is 6.07 Å². The molecule has 22 heavy (non-hydrogen) atoms. The van der Waals surface area contributed by atoms with Crippen LogP contribution in [0, 0.1) is 5.82 Å². The second-order valence-electron chi connectivity index (χ2n) is 4.08. The van der Waals surface area contributed by atoms with Crippen LogP contribution in [0.4, 0.5) is 9.18 Å². The number of thioether (sulfide) groups is 1. The number of carbonyl (C=O) groups is 1. The largest absolute Gasteiger partial charge is 0.507 e. The minimum atomic E-state index is -0.574. The maximum atomic E-state index is 12.7. The molecule has 0 aliphatic rings. The number of carbonyl (C=O) groups excluding carboxylic acids is 1. The maximum Gasteiger partial charge on any atom is 0.304 e. The first kappa shape index (κ1) is 16.1. The second-order valence-corrected chi connectivity index (χ2v) is 5.50. The Hall–Kier alpha value is -2.25. The highest BCUT2D eigenvalue weighted by atomic mass is 35.5. The van der Waals surface area contributed by atoms with E-state index in [0.29, 0.717) is 17.3 Å². The topological polar surface area (TPSA) is 81.9 Å². The first-order valence-corrected chi connectivity index (χ1v) is 7.13. The number of nitrogens with one attached hydrogen (secondary N) is 1. The minimum absolute atomic E-state index is 0.0170. The summed E-state index contributed by atoms with van der Waals surface area (Å²) in [7, 11) is 0. The van der Waals surface area contributed by atoms with E-state index in [0.717, 1.165) is 6.07 Å². The van der Waals surface area contributed by atoms with Gasteiger partial charge in [-0.2, -0.15) is 5.10 Å². The Kier molecular flexibility index (Phi) is 5.24. The van der Waals surface area contributed by atoms with Crippen molar-refractivity contribution < 1.29 is 19.4 Å². The van der Waals surface area contributed by atoms with Gasteiger partial charge in [-0.3, -0.25) is 4.79 Å². The molecule has 3 N–H and O–H groups in total. The van der Waals surface area contributed by atoms with Gasteiger partial charge in [0.05, 0.1) is 16.1 Å². The minimum Gasteiger partial charge on any atom is -0.507 e. The van der Waals surface area contributed by atoms with Gasteiger partial charge in [0.1, 0.15) is 17.3 Å². The molecule has 0 heterocycles. The van der Waals surface area contributed by atoms with Gasteiger partial charge in [-0.05, 0) is 35.5 Å². The van der Waals surface area contributed by atoms with Crippen LogP contribution in [-0.4, -0.2) is 21.7 Å². The smallest absolute Gasteiger partial charge is 0.304 e. The highest BCUT2D eigenvalue weighted by Crippen LogP contribution is 2.36. The van der Waals surface area contributed by atoms with Crippen LogP contribution >= 0.6 is 23.4 Å². The van der Waals surface area contributed by atoms with E-state index in [9.17, 15) is 19.4 Å². The van der Waals surface area contributed by atoms with Gasteiger partial charge in [0.2, 0.25) is 0 Å². The second kappa shape index (κ2) is 7.15. The average Bonchev–Trinajstić information content (AvgIpc) is 2.47. The summed E-state index contributed by atoms with van der Waals surface area (Å²) < 4.78 is 12.7. The van der Waals surface area contributed by atoms with Gasteiger partial charge in [-0.1, -0.05) is 23.7 Å². The van der Waals surface area contributed by atoms with Crippen molar-refractivity contribution in [2.45, 2.75) is 4.90 Å². The zero-order valence-corrected chi connectivity index (χ0v) is 12.5. The van der Waals surface area contributed by atoms with Crippen LogP contribution in [0.5, 0.6) is 11.5 Å². The summed E-state index contributed by atoms with van der Waals surface area (Å²) in [5.41, 5.74) is 2.84. The van der Waals surface area contributed by atoms with E-state index in [4.69, 9.17) is 11.6 Å². The van der Waals surface area contributed by atoms with Crippen molar-refractivity contribution in [3.05, 3.63) is 52.8 Å². The van der Waals surface area contributed by atoms with Crippen LogP contribution in [-0.2, 0) is 0 Å². The number of hydrogen-bond donors (Lipinski definition) is 3. The quantitative estimate of drug-likeness (QED) is 0.344. The van der Waals surface area contributed by atoms with Crippen LogP contribution in [0.25, 0.3) is 0 Å². The van der Waals surface area contributed by atoms with E-state index in [1.165, 1.54) is 36.5 Å². The third-order valence-corrected chi connectivity index (χ3v) is 3.60. The van der Waals surface area contributed by atoms with E-state index in [1.54, 1.807) is 0 Å². The lowest BCUT2D eigenvalue weighted by Crippen LogP contribution is -2.11. The van der Waals surface area contributed by atoms with Crippen molar-refractivity contribution in [3.8, 4) is 11.5 Å². The van der Waals surface area contributed by atoms with E-state index in [-0.39, 0.29) is 27.2 Å². The molecule has 5 nitrogen and oxygen atoms in total. The molecule has 0 bridgehead atoms. The summed E-state index contributed by atoms with van der Waals surface area (Å²) in [6.45, 7) is 0. The molecule has 0 aliphatic carbocycles. The fraction of sp³-hybridized carbons (Fsp3) is 0. The van der Waals surface area contributed by atoms with E-state index in [2.05, 4.69) is 10.5 Å². The van der Waals surface area contributed by atoms with Crippen LogP contribution in [0.2, 0.25) is 5.02 Å². The predicted molar refractivity (Wildman–Crippen MR) is 83.2 cm³/mol. The fourth-order valence-corrected chi connectivity index (χ4v) is 2.24. The summed E-state index contributed by atoms with van der Waals surface area (Å²) in [6, 6.07) is 7.85. The number of halogens is 2. The summed E-state index contributed by atoms with van der Waals surface area (Å²) >= 11 is 6.25.